The fourth-order valence-electron chi connectivity index (χ4n) is 3.32. The van der Waals surface area contributed by atoms with Crippen molar-refractivity contribution in [1.29, 1.82) is 0 Å². The van der Waals surface area contributed by atoms with Crippen molar-refractivity contribution in [3.63, 3.8) is 0 Å². The van der Waals surface area contributed by atoms with Gasteiger partial charge in [0.05, 0.1) is 25.0 Å². The minimum Gasteiger partial charge on any atom is -0.369 e. The summed E-state index contributed by atoms with van der Waals surface area (Å²) in [7, 11) is 0. The number of hydrogen-bond donors (Lipinski definition) is 3. The predicted octanol–water partition coefficient (Wildman–Crippen LogP) is 1.53. The van der Waals surface area contributed by atoms with Gasteiger partial charge < -0.3 is 16.4 Å². The topological polar surface area (TPSA) is 101 Å². The van der Waals surface area contributed by atoms with Gasteiger partial charge in [-0.15, -0.1) is 0 Å². The molecule has 3 rings (SSSR count). The van der Waals surface area contributed by atoms with Crippen LogP contribution in [0.5, 0.6) is 0 Å². The molecule has 1 aromatic heterocycles. The van der Waals surface area contributed by atoms with E-state index in [1.165, 1.54) is 0 Å². The maximum atomic E-state index is 11.1. The lowest BCUT2D eigenvalue weighted by molar-refractivity contribution is -0.119. The van der Waals surface area contributed by atoms with E-state index in [1.54, 1.807) is 0 Å². The molecule has 1 fully saturated rings. The van der Waals surface area contributed by atoms with Crippen LogP contribution in [0.15, 0.2) is 41.7 Å². The maximum absolute atomic E-state index is 11.1. The normalized spacial score (nSPS) is 16.0. The van der Waals surface area contributed by atoms with Crippen LogP contribution in [0.25, 0.3) is 5.69 Å². The Morgan fingerprint density at radius 2 is 2.03 bits per heavy atom. The molecule has 1 aliphatic rings. The van der Waals surface area contributed by atoms with E-state index in [9.17, 15) is 4.79 Å². The van der Waals surface area contributed by atoms with Crippen LogP contribution < -0.4 is 16.4 Å². The van der Waals surface area contributed by atoms with Crippen LogP contribution >= 0.6 is 11.6 Å². The molecule has 0 unspecified atom stereocenters. The lowest BCUT2D eigenvalue weighted by Gasteiger charge is -2.32. The number of nitrogens with one attached hydrogen (secondary N) is 2. The molecule has 2 heterocycles. The van der Waals surface area contributed by atoms with E-state index in [-0.39, 0.29) is 5.91 Å². The van der Waals surface area contributed by atoms with Gasteiger partial charge >= 0.3 is 0 Å². The minimum atomic E-state index is -0.273. The van der Waals surface area contributed by atoms with Crippen molar-refractivity contribution in [3.8, 4) is 5.69 Å². The lowest BCUT2D eigenvalue weighted by atomic mass is 10.1. The minimum absolute atomic E-state index is 0.273. The number of likely N-dealkylation sites (tertiary alicyclic amines) is 1. The van der Waals surface area contributed by atoms with Crippen molar-refractivity contribution in [2.24, 2.45) is 10.7 Å². The van der Waals surface area contributed by atoms with E-state index in [4.69, 9.17) is 22.3 Å². The maximum Gasteiger partial charge on any atom is 0.231 e. The number of nitrogens with two attached hydrogens (primary N) is 1. The molecule has 0 aliphatic carbocycles. The Labute approximate surface area is 176 Å². The highest BCUT2D eigenvalue weighted by molar-refractivity contribution is 6.30. The zero-order valence-electron chi connectivity index (χ0n) is 16.6. The smallest absolute Gasteiger partial charge is 0.231 e. The molecule has 1 aromatic carbocycles. The molecule has 1 amide bonds. The Hall–Kier alpha value is -2.58. The van der Waals surface area contributed by atoms with Gasteiger partial charge in [0.15, 0.2) is 5.96 Å². The van der Waals surface area contributed by atoms with Gasteiger partial charge in [0.25, 0.3) is 0 Å². The molecule has 29 heavy (non-hydrogen) atoms. The van der Waals surface area contributed by atoms with E-state index in [0.717, 1.165) is 49.7 Å². The highest BCUT2D eigenvalue weighted by atomic mass is 35.5. The van der Waals surface area contributed by atoms with E-state index >= 15 is 0 Å². The fraction of sp³-hybridized carbons (Fsp3) is 0.450. The second-order valence-electron chi connectivity index (χ2n) is 7.13. The zero-order valence-corrected chi connectivity index (χ0v) is 17.4. The van der Waals surface area contributed by atoms with Gasteiger partial charge in [0.1, 0.15) is 0 Å². The number of amides is 1. The summed E-state index contributed by atoms with van der Waals surface area (Å²) in [5.41, 5.74) is 7.26. The van der Waals surface area contributed by atoms with Crippen molar-refractivity contribution in [3.05, 3.63) is 47.2 Å². The van der Waals surface area contributed by atoms with Crippen molar-refractivity contribution in [2.45, 2.75) is 32.4 Å². The second-order valence-corrected chi connectivity index (χ2v) is 7.56. The zero-order chi connectivity index (χ0) is 20.6. The molecule has 0 atom stereocenters. The standard InChI is InChI=1S/C20H28ClN7O/c1-2-23-20(26-17-7-9-27(10-8-17)14-19(22)29)24-11-15-12-25-28(13-15)18-5-3-16(21)4-6-18/h3-6,12-13,17H,2,7-11,14H2,1H3,(H2,22,29)(H2,23,24,26). The number of benzene rings is 1. The average Bonchev–Trinajstić information content (AvgIpc) is 3.17. The van der Waals surface area contributed by atoms with Crippen molar-refractivity contribution in [1.82, 2.24) is 25.3 Å². The van der Waals surface area contributed by atoms with E-state index < -0.39 is 0 Å². The SMILES string of the molecule is CCNC(=NCc1cnn(-c2ccc(Cl)cc2)c1)NC1CCN(CC(N)=O)CC1. The van der Waals surface area contributed by atoms with E-state index in [0.29, 0.717) is 24.2 Å². The molecule has 2 aromatic rings. The van der Waals surface area contributed by atoms with Crippen LogP contribution in [0.2, 0.25) is 5.02 Å². The first-order chi connectivity index (χ1) is 14.0. The van der Waals surface area contributed by atoms with Crippen molar-refractivity contribution >= 4 is 23.5 Å². The summed E-state index contributed by atoms with van der Waals surface area (Å²) in [4.78, 5) is 17.9. The number of rotatable bonds is 7. The first kappa shape index (κ1) is 21.1. The third-order valence-electron chi connectivity index (χ3n) is 4.80. The molecule has 9 heteroatoms. The number of aliphatic imine (C=N–C) groups is 1. The van der Waals surface area contributed by atoms with Gasteiger partial charge in [0.2, 0.25) is 5.91 Å². The molecule has 1 aliphatic heterocycles. The van der Waals surface area contributed by atoms with Crippen molar-refractivity contribution < 1.29 is 4.79 Å². The number of aromatic nitrogens is 2. The molecule has 0 spiro atoms. The molecular formula is C20H28ClN7O. The van der Waals surface area contributed by atoms with Crippen molar-refractivity contribution in [2.75, 3.05) is 26.2 Å². The van der Waals surface area contributed by atoms with Crippen LogP contribution in [0.3, 0.4) is 0 Å². The molecule has 0 bridgehead atoms. The monoisotopic (exact) mass is 417 g/mol. The molecule has 4 N–H and O–H groups in total. The van der Waals surface area contributed by atoms with Crippen LogP contribution in [0, 0.1) is 0 Å². The number of carbonyl (C=O) groups is 1. The molecule has 0 radical (unpaired) electrons. The quantitative estimate of drug-likeness (QED) is 0.468. The molecular weight excluding hydrogens is 390 g/mol. The fourth-order valence-corrected chi connectivity index (χ4v) is 3.44. The molecule has 0 saturated carbocycles. The average molecular weight is 418 g/mol. The summed E-state index contributed by atoms with van der Waals surface area (Å²) < 4.78 is 1.82. The summed E-state index contributed by atoms with van der Waals surface area (Å²) in [6.45, 7) is 5.41. The Morgan fingerprint density at radius 3 is 2.69 bits per heavy atom. The highest BCUT2D eigenvalue weighted by Gasteiger charge is 2.20. The number of primary amides is 1. The lowest BCUT2D eigenvalue weighted by Crippen LogP contribution is -2.49. The Kier molecular flexibility index (Phi) is 7.48. The van der Waals surface area contributed by atoms with Gasteiger partial charge in [-0.05, 0) is 44.0 Å². The molecule has 156 valence electrons. The third-order valence-corrected chi connectivity index (χ3v) is 5.05. The summed E-state index contributed by atoms with van der Waals surface area (Å²) in [5.74, 6) is 0.519. The van der Waals surface area contributed by atoms with Gasteiger partial charge in [-0.3, -0.25) is 9.69 Å². The Balaban J connectivity index is 1.56. The van der Waals surface area contributed by atoms with Crippen LogP contribution in [0.4, 0.5) is 0 Å². The van der Waals surface area contributed by atoms with E-state index in [1.807, 2.05) is 48.3 Å². The first-order valence-electron chi connectivity index (χ1n) is 9.88. The number of nitrogens with zero attached hydrogens (tertiary/aromatic N) is 4. The molecule has 1 saturated heterocycles. The van der Waals surface area contributed by atoms with Gasteiger partial charge in [0, 0.05) is 42.5 Å². The summed E-state index contributed by atoms with van der Waals surface area (Å²) >= 11 is 5.94. The summed E-state index contributed by atoms with van der Waals surface area (Å²) in [6, 6.07) is 7.88. The second kappa shape index (κ2) is 10.3. The number of guanidine groups is 1. The third kappa shape index (κ3) is 6.47. The Morgan fingerprint density at radius 1 is 1.31 bits per heavy atom. The van der Waals surface area contributed by atoms with Crippen LogP contribution in [-0.4, -0.2) is 58.8 Å². The summed E-state index contributed by atoms with van der Waals surface area (Å²) in [5, 5.41) is 11.9. The van der Waals surface area contributed by atoms with Crippen LogP contribution in [0.1, 0.15) is 25.3 Å². The van der Waals surface area contributed by atoms with Gasteiger partial charge in [-0.1, -0.05) is 11.6 Å². The summed E-state index contributed by atoms with van der Waals surface area (Å²) in [6.07, 6.45) is 5.70. The molecule has 8 nitrogen and oxygen atoms in total. The number of carbonyl (C=O) groups excluding carboxylic acids is 1. The van der Waals surface area contributed by atoms with Crippen LogP contribution in [-0.2, 0) is 11.3 Å². The first-order valence-corrected chi connectivity index (χ1v) is 10.3. The van der Waals surface area contributed by atoms with E-state index in [2.05, 4.69) is 20.6 Å². The number of piperidine rings is 1. The largest absolute Gasteiger partial charge is 0.369 e. The Bertz CT molecular complexity index is 826. The van der Waals surface area contributed by atoms with Gasteiger partial charge in [-0.2, -0.15) is 5.10 Å². The predicted molar refractivity (Wildman–Crippen MR) is 115 cm³/mol. The van der Waals surface area contributed by atoms with Gasteiger partial charge in [-0.25, -0.2) is 9.67 Å². The highest BCUT2D eigenvalue weighted by Crippen LogP contribution is 2.14. The number of hydrogen-bond acceptors (Lipinski definition) is 4. The number of halogens is 1.